The van der Waals surface area contributed by atoms with E-state index < -0.39 is 0 Å². The van der Waals surface area contributed by atoms with Crippen LogP contribution >= 0.6 is 0 Å². The van der Waals surface area contributed by atoms with Crippen molar-refractivity contribution in [2.75, 3.05) is 0 Å². The number of pyridine rings is 1. The van der Waals surface area contributed by atoms with E-state index in [2.05, 4.69) is 148 Å². The third-order valence-corrected chi connectivity index (χ3v) is 8.54. The van der Waals surface area contributed by atoms with Crippen molar-refractivity contribution in [2.45, 2.75) is 0 Å². The van der Waals surface area contributed by atoms with Gasteiger partial charge in [0.05, 0.1) is 27.8 Å². The van der Waals surface area contributed by atoms with Crippen molar-refractivity contribution in [1.82, 2.24) is 14.1 Å². The molecule has 3 heterocycles. The average molecular weight is 536 g/mol. The van der Waals surface area contributed by atoms with Gasteiger partial charge in [-0.3, -0.25) is 4.98 Å². The Hall–Kier alpha value is -5.67. The first kappa shape index (κ1) is 23.1. The van der Waals surface area contributed by atoms with Gasteiger partial charge < -0.3 is 9.13 Å². The Morgan fingerprint density at radius 3 is 1.83 bits per heavy atom. The van der Waals surface area contributed by atoms with Crippen LogP contribution in [0.3, 0.4) is 0 Å². The van der Waals surface area contributed by atoms with E-state index in [4.69, 9.17) is 0 Å². The molecule has 0 radical (unpaired) electrons. The van der Waals surface area contributed by atoms with E-state index in [9.17, 15) is 0 Å². The van der Waals surface area contributed by atoms with E-state index in [0.29, 0.717) is 0 Å². The first-order valence-corrected chi connectivity index (χ1v) is 14.3. The number of nitrogens with zero attached hydrogens (tertiary/aromatic N) is 3. The van der Waals surface area contributed by atoms with Crippen LogP contribution in [0.1, 0.15) is 0 Å². The van der Waals surface area contributed by atoms with E-state index >= 15 is 0 Å². The highest BCUT2D eigenvalue weighted by Gasteiger charge is 2.18. The minimum Gasteiger partial charge on any atom is -0.309 e. The first-order chi connectivity index (χ1) is 20.8. The highest BCUT2D eigenvalue weighted by atomic mass is 15.0. The van der Waals surface area contributed by atoms with Crippen LogP contribution in [0.2, 0.25) is 0 Å². The normalized spacial score (nSPS) is 11.8. The maximum absolute atomic E-state index is 4.54. The van der Waals surface area contributed by atoms with Crippen LogP contribution in [-0.4, -0.2) is 14.1 Å². The lowest BCUT2D eigenvalue weighted by Crippen LogP contribution is -1.95. The molecule has 0 fully saturated rings. The number of aromatic nitrogens is 3. The fourth-order valence-electron chi connectivity index (χ4n) is 6.68. The summed E-state index contributed by atoms with van der Waals surface area (Å²) in [4.78, 5) is 4.54. The van der Waals surface area contributed by atoms with E-state index in [0.717, 1.165) is 16.9 Å². The van der Waals surface area contributed by atoms with Crippen molar-refractivity contribution in [3.63, 3.8) is 0 Å². The number of benzene rings is 6. The Morgan fingerprint density at radius 2 is 1.07 bits per heavy atom. The number of fused-ring (bicyclic) bond motifs is 8. The molecular weight excluding hydrogens is 510 g/mol. The lowest BCUT2D eigenvalue weighted by Gasteiger charge is -2.11. The number of hydrogen-bond acceptors (Lipinski definition) is 1. The monoisotopic (exact) mass is 535 g/mol. The lowest BCUT2D eigenvalue weighted by atomic mass is 10.0. The zero-order chi connectivity index (χ0) is 27.6. The van der Waals surface area contributed by atoms with E-state index in [1.165, 1.54) is 60.1 Å². The van der Waals surface area contributed by atoms with Gasteiger partial charge in [0.15, 0.2) is 0 Å². The zero-order valence-corrected chi connectivity index (χ0v) is 22.8. The molecule has 0 saturated heterocycles. The molecule has 3 aromatic heterocycles. The van der Waals surface area contributed by atoms with Crippen LogP contribution in [0.4, 0.5) is 0 Å². The Balaban J connectivity index is 1.36. The minimum absolute atomic E-state index is 0.982. The summed E-state index contributed by atoms with van der Waals surface area (Å²) in [5, 5.41) is 7.54. The summed E-state index contributed by atoms with van der Waals surface area (Å²) in [5.74, 6) is 0. The van der Waals surface area contributed by atoms with Crippen LogP contribution in [0.15, 0.2) is 152 Å². The quantitative estimate of drug-likeness (QED) is 0.221. The first-order valence-electron chi connectivity index (χ1n) is 14.3. The van der Waals surface area contributed by atoms with Gasteiger partial charge >= 0.3 is 0 Å². The van der Waals surface area contributed by atoms with Crippen LogP contribution in [-0.2, 0) is 0 Å². The Labute approximate surface area is 242 Å². The number of rotatable bonds is 3. The molecule has 0 atom stereocenters. The molecule has 3 nitrogen and oxygen atoms in total. The minimum atomic E-state index is 0.982. The molecule has 42 heavy (non-hydrogen) atoms. The van der Waals surface area contributed by atoms with Crippen LogP contribution in [0.25, 0.3) is 77.0 Å². The van der Waals surface area contributed by atoms with Gasteiger partial charge in [0.25, 0.3) is 0 Å². The van der Waals surface area contributed by atoms with Gasteiger partial charge in [0.2, 0.25) is 0 Å². The number of para-hydroxylation sites is 3. The van der Waals surface area contributed by atoms with E-state index in [-0.39, 0.29) is 0 Å². The van der Waals surface area contributed by atoms with Gasteiger partial charge in [-0.25, -0.2) is 0 Å². The molecule has 0 spiro atoms. The molecule has 6 aromatic carbocycles. The fourth-order valence-corrected chi connectivity index (χ4v) is 6.68. The maximum atomic E-state index is 4.54. The van der Waals surface area contributed by atoms with Crippen molar-refractivity contribution >= 4 is 54.4 Å². The summed E-state index contributed by atoms with van der Waals surface area (Å²) in [6.07, 6.45) is 1.84. The summed E-state index contributed by atoms with van der Waals surface area (Å²) in [6, 6.07) is 52.3. The summed E-state index contributed by atoms with van der Waals surface area (Å²) in [7, 11) is 0. The summed E-state index contributed by atoms with van der Waals surface area (Å²) in [5.41, 5.74) is 9.28. The molecule has 0 aliphatic carbocycles. The van der Waals surface area contributed by atoms with Crippen molar-refractivity contribution in [2.24, 2.45) is 0 Å². The molecule has 0 bridgehead atoms. The molecule has 0 aliphatic rings. The molecular formula is C39H25N3. The van der Waals surface area contributed by atoms with Crippen molar-refractivity contribution in [3.05, 3.63) is 152 Å². The largest absolute Gasteiger partial charge is 0.309 e. The maximum Gasteiger partial charge on any atom is 0.0701 e. The second-order valence-corrected chi connectivity index (χ2v) is 10.9. The highest BCUT2D eigenvalue weighted by molar-refractivity contribution is 6.22. The Morgan fingerprint density at radius 1 is 0.405 bits per heavy atom. The standard InChI is InChI=1S/C39H25N3/c1-2-10-28(11-3-1)42-37-16-7-4-12-30(37)32-22-19-27-24-38-34(25-33(27)39(32)42)31-13-5-6-15-36(31)41(38)29-20-17-26(18-21-29)35-14-8-9-23-40-35/h1-25H. The van der Waals surface area contributed by atoms with Crippen molar-refractivity contribution < 1.29 is 0 Å². The van der Waals surface area contributed by atoms with Crippen molar-refractivity contribution in [3.8, 4) is 22.6 Å². The third-order valence-electron chi connectivity index (χ3n) is 8.54. The Bertz CT molecular complexity index is 2430. The summed E-state index contributed by atoms with van der Waals surface area (Å²) in [6.45, 7) is 0. The SMILES string of the molecule is c1ccc(-n2c3ccccc3c3ccc4cc5c(cc4c32)c2ccccc2n5-c2ccc(-c3ccccn3)cc2)cc1. The smallest absolute Gasteiger partial charge is 0.0701 e. The van der Waals surface area contributed by atoms with Crippen LogP contribution in [0, 0.1) is 0 Å². The van der Waals surface area contributed by atoms with Crippen molar-refractivity contribution in [1.29, 1.82) is 0 Å². The van der Waals surface area contributed by atoms with Gasteiger partial charge in [0.1, 0.15) is 0 Å². The summed E-state index contributed by atoms with van der Waals surface area (Å²) >= 11 is 0. The molecule has 9 rings (SSSR count). The molecule has 3 heteroatoms. The molecule has 0 aliphatic heterocycles. The molecule has 0 saturated carbocycles. The number of hydrogen-bond donors (Lipinski definition) is 0. The fraction of sp³-hybridized carbons (Fsp3) is 0. The van der Waals surface area contributed by atoms with Gasteiger partial charge in [-0.15, -0.1) is 0 Å². The molecule has 0 amide bonds. The lowest BCUT2D eigenvalue weighted by molar-refractivity contribution is 1.18. The second kappa shape index (κ2) is 8.92. The van der Waals surface area contributed by atoms with E-state index in [1.54, 1.807) is 0 Å². The highest BCUT2D eigenvalue weighted by Crippen LogP contribution is 2.40. The van der Waals surface area contributed by atoms with E-state index in [1.807, 2.05) is 18.3 Å². The summed E-state index contributed by atoms with van der Waals surface area (Å²) < 4.78 is 4.82. The van der Waals surface area contributed by atoms with Crippen LogP contribution < -0.4 is 0 Å². The topological polar surface area (TPSA) is 22.8 Å². The zero-order valence-electron chi connectivity index (χ0n) is 22.8. The van der Waals surface area contributed by atoms with Gasteiger partial charge in [-0.2, -0.15) is 0 Å². The predicted molar refractivity (Wildman–Crippen MR) is 176 cm³/mol. The predicted octanol–water partition coefficient (Wildman–Crippen LogP) is 10.1. The molecule has 9 aromatic rings. The van der Waals surface area contributed by atoms with Gasteiger partial charge in [-0.05, 0) is 66.0 Å². The average Bonchev–Trinajstić information content (AvgIpc) is 3.57. The molecule has 0 unspecified atom stereocenters. The van der Waals surface area contributed by atoms with Gasteiger partial charge in [-0.1, -0.05) is 84.9 Å². The molecule has 0 N–H and O–H groups in total. The van der Waals surface area contributed by atoms with Gasteiger partial charge in [0, 0.05) is 50.1 Å². The Kier molecular flexibility index (Phi) is 4.90. The third kappa shape index (κ3) is 3.31. The second-order valence-electron chi connectivity index (χ2n) is 10.9. The van der Waals surface area contributed by atoms with Crippen LogP contribution in [0.5, 0.6) is 0 Å². The molecule has 196 valence electrons.